The van der Waals surface area contributed by atoms with Gasteiger partial charge in [0.25, 0.3) is 0 Å². The Balaban J connectivity index is 1.97. The van der Waals surface area contributed by atoms with Gasteiger partial charge in [-0.05, 0) is 25.0 Å². The van der Waals surface area contributed by atoms with Gasteiger partial charge in [0.15, 0.2) is 0 Å². The molecule has 0 aliphatic carbocycles. The van der Waals surface area contributed by atoms with Gasteiger partial charge in [0.2, 0.25) is 0 Å². The summed E-state index contributed by atoms with van der Waals surface area (Å²) in [7, 11) is 1.48. The number of ether oxygens (including phenoxy) is 3. The average Bonchev–Trinajstić information content (AvgIpc) is 2.62. The monoisotopic (exact) mass is 346 g/mol. The highest BCUT2D eigenvalue weighted by Crippen LogP contribution is 2.26. The summed E-state index contributed by atoms with van der Waals surface area (Å²) in [6.07, 6.45) is -0.532. The first kappa shape index (κ1) is 19.1. The molecule has 0 aliphatic heterocycles. The third-order valence-corrected chi connectivity index (χ3v) is 3.78. The highest BCUT2D eigenvalue weighted by molar-refractivity contribution is 5.70. The van der Waals surface area contributed by atoms with Crippen LogP contribution < -0.4 is 0 Å². The lowest BCUT2D eigenvalue weighted by Gasteiger charge is -2.25. The van der Waals surface area contributed by atoms with E-state index in [1.807, 2.05) is 30.3 Å². The zero-order valence-corrected chi connectivity index (χ0v) is 14.5. The van der Waals surface area contributed by atoms with E-state index in [4.69, 9.17) is 14.2 Å². The Morgan fingerprint density at radius 3 is 2.44 bits per heavy atom. The summed E-state index contributed by atoms with van der Waals surface area (Å²) in [5, 5.41) is 0. The molecule has 0 aromatic heterocycles. The molecular formula is C20H23FO4. The summed E-state index contributed by atoms with van der Waals surface area (Å²) in [6.45, 7) is 1.66. The minimum absolute atomic E-state index is 0.0229. The molecule has 0 radical (unpaired) electrons. The second kappa shape index (κ2) is 9.91. The van der Waals surface area contributed by atoms with Crippen molar-refractivity contribution >= 4 is 5.97 Å². The summed E-state index contributed by atoms with van der Waals surface area (Å²) in [6, 6.07) is 16.0. The summed E-state index contributed by atoms with van der Waals surface area (Å²) in [5.74, 6) is -0.755. The quantitative estimate of drug-likeness (QED) is 0.507. The Bertz CT molecular complexity index is 660. The largest absolute Gasteiger partial charge is 0.459 e. The van der Waals surface area contributed by atoms with Crippen molar-refractivity contribution in [2.45, 2.75) is 32.0 Å². The van der Waals surface area contributed by atoms with Crippen LogP contribution in [-0.2, 0) is 25.4 Å². The first-order valence-electron chi connectivity index (χ1n) is 8.20. The van der Waals surface area contributed by atoms with Crippen LogP contribution in [0.5, 0.6) is 0 Å². The van der Waals surface area contributed by atoms with Gasteiger partial charge in [-0.1, -0.05) is 48.5 Å². The molecule has 2 atom stereocenters. The fraction of sp³-hybridized carbons (Fsp3) is 0.350. The van der Waals surface area contributed by atoms with Crippen LogP contribution in [0.1, 0.15) is 30.6 Å². The molecule has 0 N–H and O–H groups in total. The van der Waals surface area contributed by atoms with Crippen molar-refractivity contribution in [2.24, 2.45) is 0 Å². The van der Waals surface area contributed by atoms with Crippen molar-refractivity contribution in [3.8, 4) is 0 Å². The first-order valence-corrected chi connectivity index (χ1v) is 8.20. The summed E-state index contributed by atoms with van der Waals surface area (Å²) < 4.78 is 30.0. The number of carbonyl (C=O) groups is 1. The molecule has 25 heavy (non-hydrogen) atoms. The molecule has 0 unspecified atom stereocenters. The fourth-order valence-electron chi connectivity index (χ4n) is 2.54. The molecule has 2 aromatic rings. The molecule has 2 rings (SSSR count). The molecule has 0 saturated heterocycles. The van der Waals surface area contributed by atoms with E-state index < -0.39 is 18.0 Å². The van der Waals surface area contributed by atoms with E-state index in [1.165, 1.54) is 13.2 Å². The number of hydrogen-bond donors (Lipinski definition) is 0. The van der Waals surface area contributed by atoms with E-state index in [-0.39, 0.29) is 19.2 Å². The number of benzene rings is 2. The van der Waals surface area contributed by atoms with E-state index in [0.717, 1.165) is 5.56 Å². The second-order valence-corrected chi connectivity index (χ2v) is 5.70. The maximum atomic E-state index is 14.1. The zero-order valence-electron chi connectivity index (χ0n) is 14.5. The molecule has 0 saturated carbocycles. The number of carbonyl (C=O) groups excluding carboxylic acids is 1. The standard InChI is InChI=1S/C20H23FO4/c1-15(25-19(22)13-12-16-8-4-3-5-9-16)20(24-14-23-2)17-10-6-7-11-18(17)21/h3-11,15,20H,12-14H2,1-2H3/t15-,20+/m0/s1. The van der Waals surface area contributed by atoms with Gasteiger partial charge in [-0.15, -0.1) is 0 Å². The molecule has 0 heterocycles. The number of halogens is 1. The molecule has 0 bridgehead atoms. The molecule has 0 aliphatic rings. The average molecular weight is 346 g/mol. The summed E-state index contributed by atoms with van der Waals surface area (Å²) in [5.41, 5.74) is 1.40. The van der Waals surface area contributed by atoms with Crippen molar-refractivity contribution in [3.63, 3.8) is 0 Å². The number of esters is 1. The van der Waals surface area contributed by atoms with Gasteiger partial charge >= 0.3 is 5.97 Å². The smallest absolute Gasteiger partial charge is 0.306 e. The van der Waals surface area contributed by atoms with Gasteiger partial charge in [0, 0.05) is 19.1 Å². The Kier molecular flexibility index (Phi) is 7.57. The van der Waals surface area contributed by atoms with E-state index >= 15 is 0 Å². The third-order valence-electron chi connectivity index (χ3n) is 3.78. The Morgan fingerprint density at radius 2 is 1.76 bits per heavy atom. The van der Waals surface area contributed by atoms with Crippen LogP contribution in [0, 0.1) is 5.82 Å². The minimum atomic E-state index is -0.734. The van der Waals surface area contributed by atoms with Crippen LogP contribution in [-0.4, -0.2) is 26.0 Å². The first-order chi connectivity index (χ1) is 12.1. The Hall–Kier alpha value is -2.24. The molecule has 4 nitrogen and oxygen atoms in total. The maximum absolute atomic E-state index is 14.1. The van der Waals surface area contributed by atoms with E-state index in [2.05, 4.69) is 0 Å². The van der Waals surface area contributed by atoms with Crippen molar-refractivity contribution in [2.75, 3.05) is 13.9 Å². The van der Waals surface area contributed by atoms with E-state index in [1.54, 1.807) is 25.1 Å². The fourth-order valence-corrected chi connectivity index (χ4v) is 2.54. The predicted molar refractivity (Wildman–Crippen MR) is 92.4 cm³/mol. The highest BCUT2D eigenvalue weighted by Gasteiger charge is 2.26. The van der Waals surface area contributed by atoms with Gasteiger partial charge in [0.1, 0.15) is 24.8 Å². The van der Waals surface area contributed by atoms with E-state index in [0.29, 0.717) is 12.0 Å². The highest BCUT2D eigenvalue weighted by atomic mass is 19.1. The topological polar surface area (TPSA) is 44.8 Å². The van der Waals surface area contributed by atoms with Gasteiger partial charge in [-0.25, -0.2) is 4.39 Å². The number of methoxy groups -OCH3 is 1. The van der Waals surface area contributed by atoms with Crippen LogP contribution >= 0.6 is 0 Å². The normalized spacial score (nSPS) is 13.2. The third kappa shape index (κ3) is 5.96. The van der Waals surface area contributed by atoms with Gasteiger partial charge < -0.3 is 14.2 Å². The number of rotatable bonds is 9. The Morgan fingerprint density at radius 1 is 1.08 bits per heavy atom. The Labute approximate surface area is 147 Å². The van der Waals surface area contributed by atoms with Gasteiger partial charge in [-0.2, -0.15) is 0 Å². The molecule has 0 amide bonds. The number of hydrogen-bond acceptors (Lipinski definition) is 4. The van der Waals surface area contributed by atoms with Crippen molar-refractivity contribution in [1.82, 2.24) is 0 Å². The second-order valence-electron chi connectivity index (χ2n) is 5.70. The van der Waals surface area contributed by atoms with Crippen molar-refractivity contribution < 1.29 is 23.4 Å². The SMILES string of the molecule is COCO[C@@H](c1ccccc1F)[C@H](C)OC(=O)CCc1ccccc1. The lowest BCUT2D eigenvalue weighted by molar-refractivity contribution is -0.164. The van der Waals surface area contributed by atoms with Crippen molar-refractivity contribution in [3.05, 3.63) is 71.5 Å². The summed E-state index contributed by atoms with van der Waals surface area (Å²) >= 11 is 0. The molecule has 0 fully saturated rings. The number of aryl methyl sites for hydroxylation is 1. The van der Waals surface area contributed by atoms with Crippen LogP contribution in [0.25, 0.3) is 0 Å². The van der Waals surface area contributed by atoms with Crippen LogP contribution in [0.4, 0.5) is 4.39 Å². The lowest BCUT2D eigenvalue weighted by Crippen LogP contribution is -2.26. The molecule has 5 heteroatoms. The van der Waals surface area contributed by atoms with Crippen LogP contribution in [0.3, 0.4) is 0 Å². The maximum Gasteiger partial charge on any atom is 0.306 e. The zero-order chi connectivity index (χ0) is 18.1. The van der Waals surface area contributed by atoms with Gasteiger partial charge in [-0.3, -0.25) is 4.79 Å². The summed E-state index contributed by atoms with van der Waals surface area (Å²) in [4.78, 5) is 12.1. The molecule has 2 aromatic carbocycles. The minimum Gasteiger partial charge on any atom is -0.459 e. The lowest BCUT2D eigenvalue weighted by atomic mass is 10.0. The van der Waals surface area contributed by atoms with E-state index in [9.17, 15) is 9.18 Å². The van der Waals surface area contributed by atoms with Crippen LogP contribution in [0.15, 0.2) is 54.6 Å². The van der Waals surface area contributed by atoms with Crippen LogP contribution in [0.2, 0.25) is 0 Å². The van der Waals surface area contributed by atoms with Gasteiger partial charge in [0.05, 0.1) is 0 Å². The predicted octanol–water partition coefficient (Wildman–Crippen LogP) is 4.05. The molecule has 134 valence electrons. The van der Waals surface area contributed by atoms with Crippen molar-refractivity contribution in [1.29, 1.82) is 0 Å². The molecular weight excluding hydrogens is 323 g/mol. The molecule has 0 spiro atoms.